The molecule has 0 aliphatic carbocycles. The molecule has 0 bridgehead atoms. The highest BCUT2D eigenvalue weighted by Gasteiger charge is 2.37. The van der Waals surface area contributed by atoms with Crippen LogP contribution in [0.15, 0.2) is 36.5 Å². The number of aromatic nitrogens is 1. The first kappa shape index (κ1) is 13.0. The summed E-state index contributed by atoms with van der Waals surface area (Å²) < 4.78 is 0. The molecule has 0 unspecified atom stereocenters. The predicted octanol–water partition coefficient (Wildman–Crippen LogP) is 1.89. The molecule has 2 heterocycles. The largest absolute Gasteiger partial charge is 0.478 e. The molecule has 0 atom stereocenters. The van der Waals surface area contributed by atoms with Gasteiger partial charge in [0, 0.05) is 11.9 Å². The third-order valence-electron chi connectivity index (χ3n) is 3.27. The number of benzene rings is 1. The van der Waals surface area contributed by atoms with Crippen molar-refractivity contribution in [3.63, 3.8) is 0 Å². The number of hydrogen-bond acceptors (Lipinski definition) is 4. The number of hydrogen-bond donors (Lipinski definition) is 1. The molecule has 0 saturated heterocycles. The maximum absolute atomic E-state index is 12.4. The predicted molar refractivity (Wildman–Crippen MR) is 73.5 cm³/mol. The summed E-state index contributed by atoms with van der Waals surface area (Å²) in [4.78, 5) is 40.7. The second-order valence-electron chi connectivity index (χ2n) is 4.67. The van der Waals surface area contributed by atoms with E-state index in [-0.39, 0.29) is 16.7 Å². The van der Waals surface area contributed by atoms with Gasteiger partial charge in [-0.15, -0.1) is 0 Å². The summed E-state index contributed by atoms with van der Waals surface area (Å²) in [5, 5.41) is 8.97. The number of pyridine rings is 1. The Morgan fingerprint density at radius 3 is 2.48 bits per heavy atom. The van der Waals surface area contributed by atoms with Crippen LogP contribution in [0.4, 0.5) is 5.69 Å². The first-order chi connectivity index (χ1) is 9.99. The van der Waals surface area contributed by atoms with Crippen molar-refractivity contribution < 1.29 is 19.5 Å². The van der Waals surface area contributed by atoms with E-state index in [1.807, 2.05) is 0 Å². The Kier molecular flexibility index (Phi) is 2.79. The van der Waals surface area contributed by atoms with E-state index in [9.17, 15) is 14.4 Å². The molecule has 1 N–H and O–H groups in total. The Hall–Kier alpha value is -3.02. The van der Waals surface area contributed by atoms with Crippen LogP contribution in [0.5, 0.6) is 0 Å². The molecule has 0 fully saturated rings. The SMILES string of the molecule is Cc1cc(N2C(=O)c3ccc(C(=O)O)cc3C2=O)ccn1. The monoisotopic (exact) mass is 282 g/mol. The molecule has 2 aromatic rings. The molecule has 1 aliphatic heterocycles. The zero-order valence-corrected chi connectivity index (χ0v) is 11.0. The highest BCUT2D eigenvalue weighted by atomic mass is 16.4. The Bertz CT molecular complexity index is 798. The number of carboxylic acids is 1. The first-order valence-electron chi connectivity index (χ1n) is 6.18. The van der Waals surface area contributed by atoms with Gasteiger partial charge >= 0.3 is 5.97 Å². The van der Waals surface area contributed by atoms with Gasteiger partial charge in [0.15, 0.2) is 0 Å². The Morgan fingerprint density at radius 2 is 1.81 bits per heavy atom. The number of rotatable bonds is 2. The summed E-state index contributed by atoms with van der Waals surface area (Å²) in [7, 11) is 0. The fourth-order valence-corrected chi connectivity index (χ4v) is 2.28. The van der Waals surface area contributed by atoms with Gasteiger partial charge in [-0.05, 0) is 37.3 Å². The summed E-state index contributed by atoms with van der Waals surface area (Å²) in [6, 6.07) is 7.10. The van der Waals surface area contributed by atoms with Crippen molar-refractivity contribution in [2.75, 3.05) is 4.90 Å². The van der Waals surface area contributed by atoms with Crippen LogP contribution in [0.2, 0.25) is 0 Å². The van der Waals surface area contributed by atoms with E-state index >= 15 is 0 Å². The average Bonchev–Trinajstić information content (AvgIpc) is 2.70. The fraction of sp³-hybridized carbons (Fsp3) is 0.0667. The minimum atomic E-state index is -1.14. The molecule has 21 heavy (non-hydrogen) atoms. The zero-order chi connectivity index (χ0) is 15.1. The van der Waals surface area contributed by atoms with Crippen LogP contribution in [0.25, 0.3) is 0 Å². The van der Waals surface area contributed by atoms with Gasteiger partial charge in [0.2, 0.25) is 0 Å². The van der Waals surface area contributed by atoms with Crippen LogP contribution < -0.4 is 4.90 Å². The number of carbonyl (C=O) groups is 3. The Morgan fingerprint density at radius 1 is 1.10 bits per heavy atom. The van der Waals surface area contributed by atoms with Crippen molar-refractivity contribution in [1.29, 1.82) is 0 Å². The second-order valence-corrected chi connectivity index (χ2v) is 4.67. The van der Waals surface area contributed by atoms with Gasteiger partial charge in [-0.1, -0.05) is 0 Å². The number of amides is 2. The number of anilines is 1. The topological polar surface area (TPSA) is 87.6 Å². The quantitative estimate of drug-likeness (QED) is 0.850. The maximum Gasteiger partial charge on any atom is 0.335 e. The van der Waals surface area contributed by atoms with E-state index < -0.39 is 17.8 Å². The summed E-state index contributed by atoms with van der Waals surface area (Å²) in [5.41, 5.74) is 1.39. The molecule has 6 heteroatoms. The van der Waals surface area contributed by atoms with Crippen molar-refractivity contribution in [2.45, 2.75) is 6.92 Å². The lowest BCUT2D eigenvalue weighted by atomic mass is 10.1. The molecular weight excluding hydrogens is 272 g/mol. The maximum atomic E-state index is 12.4. The Balaban J connectivity index is 2.10. The fourth-order valence-electron chi connectivity index (χ4n) is 2.28. The molecule has 1 aromatic heterocycles. The number of carbonyl (C=O) groups excluding carboxylic acids is 2. The number of aryl methyl sites for hydroxylation is 1. The molecule has 0 saturated carbocycles. The molecule has 6 nitrogen and oxygen atoms in total. The lowest BCUT2D eigenvalue weighted by Gasteiger charge is -2.13. The van der Waals surface area contributed by atoms with E-state index in [4.69, 9.17) is 5.11 Å². The molecule has 104 valence electrons. The average molecular weight is 282 g/mol. The van der Waals surface area contributed by atoms with Gasteiger partial charge in [-0.2, -0.15) is 0 Å². The number of nitrogens with zero attached hydrogens (tertiary/aromatic N) is 2. The highest BCUT2D eigenvalue weighted by Crippen LogP contribution is 2.29. The van der Waals surface area contributed by atoms with Crippen molar-refractivity contribution in [3.05, 3.63) is 58.9 Å². The third kappa shape index (κ3) is 1.97. The normalized spacial score (nSPS) is 13.5. The molecule has 3 rings (SSSR count). The number of aromatic carboxylic acids is 1. The van der Waals surface area contributed by atoms with Gasteiger partial charge in [-0.3, -0.25) is 14.6 Å². The van der Waals surface area contributed by atoms with E-state index in [0.29, 0.717) is 11.4 Å². The van der Waals surface area contributed by atoms with E-state index in [0.717, 1.165) is 4.90 Å². The van der Waals surface area contributed by atoms with Gasteiger partial charge in [-0.25, -0.2) is 9.69 Å². The van der Waals surface area contributed by atoms with Gasteiger partial charge < -0.3 is 5.11 Å². The zero-order valence-electron chi connectivity index (χ0n) is 11.0. The van der Waals surface area contributed by atoms with Gasteiger partial charge in [0.25, 0.3) is 11.8 Å². The molecule has 0 radical (unpaired) electrons. The van der Waals surface area contributed by atoms with Crippen LogP contribution in [0, 0.1) is 6.92 Å². The van der Waals surface area contributed by atoms with E-state index in [2.05, 4.69) is 4.98 Å². The number of carboxylic acid groups (broad SMARTS) is 1. The van der Waals surface area contributed by atoms with Crippen LogP contribution in [0.3, 0.4) is 0 Å². The van der Waals surface area contributed by atoms with E-state index in [1.54, 1.807) is 19.1 Å². The van der Waals surface area contributed by atoms with Crippen molar-refractivity contribution in [2.24, 2.45) is 0 Å². The molecular formula is C15H10N2O4. The molecule has 1 aliphatic rings. The highest BCUT2D eigenvalue weighted by molar-refractivity contribution is 6.34. The van der Waals surface area contributed by atoms with Gasteiger partial charge in [0.1, 0.15) is 0 Å². The van der Waals surface area contributed by atoms with Crippen LogP contribution >= 0.6 is 0 Å². The molecule has 0 spiro atoms. The standard InChI is InChI=1S/C15H10N2O4/c1-8-6-10(4-5-16-8)17-13(18)11-3-2-9(15(20)21)7-12(11)14(17)19/h2-7H,1H3,(H,20,21). The van der Waals surface area contributed by atoms with Crippen molar-refractivity contribution in [3.8, 4) is 0 Å². The summed E-state index contributed by atoms with van der Waals surface area (Å²) in [5.74, 6) is -2.13. The second kappa shape index (κ2) is 4.52. The van der Waals surface area contributed by atoms with E-state index in [1.165, 1.54) is 24.4 Å². The lowest BCUT2D eigenvalue weighted by Crippen LogP contribution is -2.29. The van der Waals surface area contributed by atoms with Crippen molar-refractivity contribution in [1.82, 2.24) is 4.98 Å². The summed E-state index contributed by atoms with van der Waals surface area (Å²) in [6.45, 7) is 1.75. The number of fused-ring (bicyclic) bond motifs is 1. The summed E-state index contributed by atoms with van der Waals surface area (Å²) in [6.07, 6.45) is 1.51. The van der Waals surface area contributed by atoms with Crippen LogP contribution in [-0.2, 0) is 0 Å². The minimum absolute atomic E-state index is 0.0253. The minimum Gasteiger partial charge on any atom is -0.478 e. The smallest absolute Gasteiger partial charge is 0.335 e. The third-order valence-corrected chi connectivity index (χ3v) is 3.27. The molecule has 2 amide bonds. The Labute approximate surface area is 119 Å². The van der Waals surface area contributed by atoms with Gasteiger partial charge in [0.05, 0.1) is 22.4 Å². The number of imide groups is 1. The molecule has 1 aromatic carbocycles. The van der Waals surface area contributed by atoms with Crippen LogP contribution in [0.1, 0.15) is 36.8 Å². The lowest BCUT2D eigenvalue weighted by molar-refractivity contribution is 0.0696. The first-order valence-corrected chi connectivity index (χ1v) is 6.18. The van der Waals surface area contributed by atoms with Crippen LogP contribution in [-0.4, -0.2) is 27.9 Å². The summed E-state index contributed by atoms with van der Waals surface area (Å²) >= 11 is 0. The van der Waals surface area contributed by atoms with Crippen molar-refractivity contribution >= 4 is 23.5 Å².